The maximum Gasteiger partial charge on any atom is 0.411 e. The number of hydrogen-bond acceptors (Lipinski definition) is 2. The summed E-state index contributed by atoms with van der Waals surface area (Å²) in [6, 6.07) is 10.1. The van der Waals surface area contributed by atoms with Crippen molar-refractivity contribution in [2.45, 2.75) is 25.9 Å². The zero-order valence-electron chi connectivity index (χ0n) is 15.1. The van der Waals surface area contributed by atoms with Gasteiger partial charge in [-0.3, -0.25) is 4.99 Å². The van der Waals surface area contributed by atoms with Crippen LogP contribution in [-0.2, 0) is 24.4 Å². The first-order valence-corrected chi connectivity index (χ1v) is 8.37. The van der Waals surface area contributed by atoms with Gasteiger partial charge in [0.15, 0.2) is 5.96 Å². The summed E-state index contributed by atoms with van der Waals surface area (Å²) in [7, 11) is 1.54. The molecule has 2 aromatic carbocycles. The zero-order valence-corrected chi connectivity index (χ0v) is 15.1. The van der Waals surface area contributed by atoms with Crippen LogP contribution in [-0.4, -0.2) is 25.8 Å². The number of benzene rings is 2. The smallest absolute Gasteiger partial charge is 0.367 e. The molecule has 2 aromatic rings. The van der Waals surface area contributed by atoms with Gasteiger partial charge in [0.1, 0.15) is 18.2 Å². The molecule has 0 unspecified atom stereocenters. The number of alkyl halides is 3. The van der Waals surface area contributed by atoms with Crippen LogP contribution in [0.15, 0.2) is 47.5 Å². The van der Waals surface area contributed by atoms with Gasteiger partial charge in [-0.25, -0.2) is 8.78 Å². The Morgan fingerprint density at radius 1 is 0.964 bits per heavy atom. The SMILES string of the molecule is CN=C(NCc1ccc(COCC(F)(F)F)cc1)NCc1cc(F)ccc1F. The molecule has 0 amide bonds. The van der Waals surface area contributed by atoms with E-state index in [2.05, 4.69) is 20.4 Å². The van der Waals surface area contributed by atoms with E-state index < -0.39 is 24.4 Å². The number of nitrogens with zero attached hydrogens (tertiary/aromatic N) is 1. The van der Waals surface area contributed by atoms with E-state index in [4.69, 9.17) is 0 Å². The first kappa shape index (κ1) is 21.6. The van der Waals surface area contributed by atoms with Gasteiger partial charge in [-0.1, -0.05) is 24.3 Å². The van der Waals surface area contributed by atoms with E-state index in [0.717, 1.165) is 23.8 Å². The summed E-state index contributed by atoms with van der Waals surface area (Å²) in [5.74, 6) is -0.658. The van der Waals surface area contributed by atoms with E-state index in [1.807, 2.05) is 0 Å². The van der Waals surface area contributed by atoms with Gasteiger partial charge in [0.25, 0.3) is 0 Å². The number of halogens is 5. The number of hydrogen-bond donors (Lipinski definition) is 2. The fourth-order valence-corrected chi connectivity index (χ4v) is 2.30. The first-order valence-electron chi connectivity index (χ1n) is 8.37. The molecule has 9 heteroatoms. The van der Waals surface area contributed by atoms with Crippen molar-refractivity contribution in [3.8, 4) is 0 Å². The molecule has 2 N–H and O–H groups in total. The molecule has 28 heavy (non-hydrogen) atoms. The minimum Gasteiger partial charge on any atom is -0.367 e. The average Bonchev–Trinajstić information content (AvgIpc) is 2.64. The van der Waals surface area contributed by atoms with Crippen LogP contribution < -0.4 is 10.6 Å². The lowest BCUT2D eigenvalue weighted by molar-refractivity contribution is -0.176. The normalized spacial score (nSPS) is 12.1. The Bertz CT molecular complexity index is 791. The van der Waals surface area contributed by atoms with Crippen LogP contribution in [0.3, 0.4) is 0 Å². The minimum atomic E-state index is -4.35. The second kappa shape index (κ2) is 10.0. The van der Waals surface area contributed by atoms with Crippen LogP contribution >= 0.6 is 0 Å². The standard InChI is InChI=1S/C19H20F5N3O/c1-25-18(27-10-15-8-16(20)6-7-17(15)21)26-9-13-2-4-14(5-3-13)11-28-12-19(22,23)24/h2-8H,9-12H2,1H3,(H2,25,26,27). The van der Waals surface area contributed by atoms with Crippen molar-refractivity contribution < 1.29 is 26.7 Å². The highest BCUT2D eigenvalue weighted by Gasteiger charge is 2.27. The molecule has 0 atom stereocenters. The predicted octanol–water partition coefficient (Wildman–Crippen LogP) is 3.91. The van der Waals surface area contributed by atoms with Crippen molar-refractivity contribution in [3.63, 3.8) is 0 Å². The van der Waals surface area contributed by atoms with Crippen molar-refractivity contribution in [1.29, 1.82) is 0 Å². The Hall–Kier alpha value is -2.68. The molecular formula is C19H20F5N3O. The molecular weight excluding hydrogens is 381 g/mol. The van der Waals surface area contributed by atoms with Crippen LogP contribution in [0.2, 0.25) is 0 Å². The third-order valence-electron chi connectivity index (χ3n) is 3.70. The zero-order chi connectivity index (χ0) is 20.6. The van der Waals surface area contributed by atoms with Crippen LogP contribution in [0.1, 0.15) is 16.7 Å². The summed E-state index contributed by atoms with van der Waals surface area (Å²) in [6.07, 6.45) is -4.35. The Morgan fingerprint density at radius 2 is 1.61 bits per heavy atom. The summed E-state index contributed by atoms with van der Waals surface area (Å²) < 4.78 is 67.6. The van der Waals surface area contributed by atoms with Gasteiger partial charge >= 0.3 is 6.18 Å². The van der Waals surface area contributed by atoms with Crippen molar-refractivity contribution in [2.75, 3.05) is 13.7 Å². The van der Waals surface area contributed by atoms with E-state index in [9.17, 15) is 22.0 Å². The van der Waals surface area contributed by atoms with Gasteiger partial charge in [-0.2, -0.15) is 13.2 Å². The Balaban J connectivity index is 1.80. The molecule has 0 saturated heterocycles. The molecule has 0 aliphatic rings. The topological polar surface area (TPSA) is 45.7 Å². The van der Waals surface area contributed by atoms with Crippen LogP contribution in [0.5, 0.6) is 0 Å². The van der Waals surface area contributed by atoms with Gasteiger partial charge in [-0.15, -0.1) is 0 Å². The number of aliphatic imine (C=N–C) groups is 1. The summed E-state index contributed by atoms with van der Waals surface area (Å²) in [4.78, 5) is 4.00. The summed E-state index contributed by atoms with van der Waals surface area (Å²) >= 11 is 0. The van der Waals surface area contributed by atoms with Gasteiger partial charge in [-0.05, 0) is 29.3 Å². The number of guanidine groups is 1. The molecule has 0 aliphatic heterocycles. The van der Waals surface area contributed by atoms with Crippen molar-refractivity contribution in [2.24, 2.45) is 4.99 Å². The lowest BCUT2D eigenvalue weighted by Crippen LogP contribution is -2.36. The van der Waals surface area contributed by atoms with Crippen molar-refractivity contribution in [1.82, 2.24) is 10.6 Å². The van der Waals surface area contributed by atoms with Crippen molar-refractivity contribution in [3.05, 3.63) is 70.8 Å². The lowest BCUT2D eigenvalue weighted by atomic mass is 10.1. The van der Waals surface area contributed by atoms with Gasteiger partial charge < -0.3 is 15.4 Å². The third-order valence-corrected chi connectivity index (χ3v) is 3.70. The molecule has 0 spiro atoms. The average molecular weight is 401 g/mol. The second-order valence-electron chi connectivity index (χ2n) is 5.94. The molecule has 0 saturated carbocycles. The summed E-state index contributed by atoms with van der Waals surface area (Å²) in [6.45, 7) is -0.979. The molecule has 0 fully saturated rings. The highest BCUT2D eigenvalue weighted by Crippen LogP contribution is 2.16. The molecule has 152 valence electrons. The van der Waals surface area contributed by atoms with E-state index >= 15 is 0 Å². The maximum atomic E-state index is 13.6. The Kier molecular flexibility index (Phi) is 7.74. The monoisotopic (exact) mass is 401 g/mol. The largest absolute Gasteiger partial charge is 0.411 e. The van der Waals surface area contributed by atoms with Crippen LogP contribution in [0, 0.1) is 11.6 Å². The third kappa shape index (κ3) is 7.51. The minimum absolute atomic E-state index is 0.0543. The van der Waals surface area contributed by atoms with E-state index in [1.54, 1.807) is 31.3 Å². The first-order chi connectivity index (χ1) is 13.3. The lowest BCUT2D eigenvalue weighted by Gasteiger charge is -2.13. The maximum absolute atomic E-state index is 13.6. The summed E-state index contributed by atoms with van der Waals surface area (Å²) in [5.41, 5.74) is 1.66. The van der Waals surface area contributed by atoms with Gasteiger partial charge in [0.2, 0.25) is 0 Å². The van der Waals surface area contributed by atoms with E-state index in [0.29, 0.717) is 18.1 Å². The van der Waals surface area contributed by atoms with Crippen LogP contribution in [0.4, 0.5) is 22.0 Å². The molecule has 2 rings (SSSR count). The molecule has 0 aromatic heterocycles. The summed E-state index contributed by atoms with van der Waals surface area (Å²) in [5, 5.41) is 5.90. The highest BCUT2D eigenvalue weighted by atomic mass is 19.4. The predicted molar refractivity (Wildman–Crippen MR) is 95.5 cm³/mol. The fourth-order valence-electron chi connectivity index (χ4n) is 2.30. The highest BCUT2D eigenvalue weighted by molar-refractivity contribution is 5.79. The molecule has 4 nitrogen and oxygen atoms in total. The quantitative estimate of drug-likeness (QED) is 0.420. The Labute approximate surface area is 159 Å². The second-order valence-corrected chi connectivity index (χ2v) is 5.94. The van der Waals surface area contributed by atoms with Crippen molar-refractivity contribution >= 4 is 5.96 Å². The van der Waals surface area contributed by atoms with Gasteiger partial charge in [0.05, 0.1) is 6.61 Å². The van der Waals surface area contributed by atoms with E-state index in [-0.39, 0.29) is 18.7 Å². The molecule has 0 radical (unpaired) electrons. The van der Waals surface area contributed by atoms with Gasteiger partial charge in [0, 0.05) is 25.7 Å². The molecule has 0 heterocycles. The number of rotatable bonds is 7. The number of nitrogens with one attached hydrogen (secondary N) is 2. The molecule has 0 bridgehead atoms. The fraction of sp³-hybridized carbons (Fsp3) is 0.316. The van der Waals surface area contributed by atoms with E-state index in [1.165, 1.54) is 0 Å². The number of ether oxygens (including phenoxy) is 1. The molecule has 0 aliphatic carbocycles. The van der Waals surface area contributed by atoms with Crippen LogP contribution in [0.25, 0.3) is 0 Å². The Morgan fingerprint density at radius 3 is 2.25 bits per heavy atom.